The van der Waals surface area contributed by atoms with E-state index in [1.54, 1.807) is 19.1 Å². The van der Waals surface area contributed by atoms with Gasteiger partial charge in [0.05, 0.1) is 12.4 Å². The maximum atomic E-state index is 13.3. The Balaban J connectivity index is 1.67. The number of aromatic nitrogens is 3. The van der Waals surface area contributed by atoms with Crippen LogP contribution in [0.2, 0.25) is 0 Å². The van der Waals surface area contributed by atoms with Crippen LogP contribution in [0.5, 0.6) is 0 Å². The molecule has 0 N–H and O–H groups in total. The monoisotopic (exact) mass is 488 g/mol. The third-order valence-corrected chi connectivity index (χ3v) is 5.97. The fraction of sp³-hybridized carbons (Fsp3) is 0.333. The first kappa shape index (κ1) is 25.4. The first-order valence-electron chi connectivity index (χ1n) is 10.9. The van der Waals surface area contributed by atoms with Crippen LogP contribution in [0.25, 0.3) is 0 Å². The molecule has 0 aliphatic heterocycles. The summed E-state index contributed by atoms with van der Waals surface area (Å²) in [5.74, 6) is -0.837. The Morgan fingerprint density at radius 1 is 0.971 bits per heavy atom. The van der Waals surface area contributed by atoms with E-state index in [-0.39, 0.29) is 30.6 Å². The summed E-state index contributed by atoms with van der Waals surface area (Å²) in [5.41, 5.74) is 1.39. The van der Waals surface area contributed by atoms with Crippen LogP contribution in [-0.4, -0.2) is 45.5 Å². The average molecular weight is 489 g/mol. The first-order chi connectivity index (χ1) is 16.4. The lowest BCUT2D eigenvalue weighted by Crippen LogP contribution is -2.37. The van der Waals surface area contributed by atoms with Crippen LogP contribution >= 0.6 is 11.8 Å². The van der Waals surface area contributed by atoms with E-state index in [0.717, 1.165) is 11.4 Å². The molecule has 2 aromatic carbocycles. The number of esters is 1. The maximum absolute atomic E-state index is 13.3. The zero-order valence-electron chi connectivity index (χ0n) is 19.0. The minimum absolute atomic E-state index is 0.00682. The van der Waals surface area contributed by atoms with Gasteiger partial charge in [-0.3, -0.25) is 9.59 Å². The van der Waals surface area contributed by atoms with Gasteiger partial charge in [0.1, 0.15) is 24.0 Å². The summed E-state index contributed by atoms with van der Waals surface area (Å²) in [6.45, 7) is 4.18. The summed E-state index contributed by atoms with van der Waals surface area (Å²) < 4.78 is 33.4. The van der Waals surface area contributed by atoms with Crippen molar-refractivity contribution in [1.82, 2.24) is 14.8 Å². The molecule has 1 heterocycles. The molecule has 0 atom stereocenters. The molecule has 180 valence electrons. The molecule has 0 aliphatic rings. The Kier molecular flexibility index (Phi) is 9.15. The second-order valence-corrected chi connectivity index (χ2v) is 8.26. The largest absolute Gasteiger partial charge is 0.465 e. The quantitative estimate of drug-likeness (QED) is 0.299. The van der Waals surface area contributed by atoms with E-state index < -0.39 is 11.8 Å². The number of halogens is 2. The van der Waals surface area contributed by atoms with Gasteiger partial charge >= 0.3 is 5.97 Å². The number of anilines is 1. The molecule has 3 rings (SSSR count). The molecule has 0 aliphatic carbocycles. The van der Waals surface area contributed by atoms with Gasteiger partial charge in [0.2, 0.25) is 5.91 Å². The Morgan fingerprint density at radius 2 is 1.62 bits per heavy atom. The molecule has 0 radical (unpaired) electrons. The van der Waals surface area contributed by atoms with Gasteiger partial charge in [0.25, 0.3) is 0 Å². The lowest BCUT2D eigenvalue weighted by Gasteiger charge is -2.21. The number of nitrogens with zero attached hydrogens (tertiary/aromatic N) is 4. The molecule has 0 saturated heterocycles. The Bertz CT molecular complexity index is 1100. The molecule has 1 aromatic heterocycles. The lowest BCUT2D eigenvalue weighted by atomic mass is 10.1. The van der Waals surface area contributed by atoms with Crippen molar-refractivity contribution in [2.24, 2.45) is 0 Å². The smallest absolute Gasteiger partial charge is 0.326 e. The van der Waals surface area contributed by atoms with Crippen molar-refractivity contribution in [3.05, 3.63) is 71.6 Å². The molecule has 0 unspecified atom stereocenters. The van der Waals surface area contributed by atoms with Crippen LogP contribution in [0.3, 0.4) is 0 Å². The van der Waals surface area contributed by atoms with Crippen molar-refractivity contribution in [1.29, 1.82) is 0 Å². The van der Waals surface area contributed by atoms with Crippen LogP contribution in [-0.2, 0) is 33.7 Å². The van der Waals surface area contributed by atoms with Crippen LogP contribution in [0.15, 0.2) is 53.7 Å². The van der Waals surface area contributed by atoms with Crippen molar-refractivity contribution in [2.45, 2.75) is 38.4 Å². The number of carbonyl (C=O) groups is 2. The molecule has 0 bridgehead atoms. The summed E-state index contributed by atoms with van der Waals surface area (Å²) in [6, 6.07) is 11.7. The zero-order valence-corrected chi connectivity index (χ0v) is 19.9. The second-order valence-electron chi connectivity index (χ2n) is 7.32. The molecular formula is C24H26F2N4O3S. The Morgan fingerprint density at radius 3 is 2.24 bits per heavy atom. The number of hydrogen-bond donors (Lipinski definition) is 0. The molecule has 1 amide bonds. The summed E-state index contributed by atoms with van der Waals surface area (Å²) in [7, 11) is 0. The van der Waals surface area contributed by atoms with Gasteiger partial charge < -0.3 is 14.2 Å². The van der Waals surface area contributed by atoms with E-state index in [4.69, 9.17) is 4.74 Å². The topological polar surface area (TPSA) is 77.3 Å². The molecule has 7 nitrogen and oxygen atoms in total. The van der Waals surface area contributed by atoms with Crippen LogP contribution in [0.4, 0.5) is 14.5 Å². The highest BCUT2D eigenvalue weighted by Crippen LogP contribution is 2.21. The van der Waals surface area contributed by atoms with E-state index in [2.05, 4.69) is 10.2 Å². The van der Waals surface area contributed by atoms with Gasteiger partial charge in [0, 0.05) is 18.7 Å². The Hall–Kier alpha value is -3.27. The number of carbonyl (C=O) groups excluding carboxylic acids is 2. The normalized spacial score (nSPS) is 10.8. The summed E-state index contributed by atoms with van der Waals surface area (Å²) >= 11 is 1.21. The molecular weight excluding hydrogens is 462 g/mol. The first-order valence-corrected chi connectivity index (χ1v) is 11.9. The van der Waals surface area contributed by atoms with Crippen molar-refractivity contribution in [2.75, 3.05) is 23.8 Å². The lowest BCUT2D eigenvalue weighted by molar-refractivity contribution is -0.142. The van der Waals surface area contributed by atoms with E-state index in [1.165, 1.54) is 53.1 Å². The minimum atomic E-state index is -0.551. The predicted octanol–water partition coefficient (Wildman–Crippen LogP) is 4.05. The van der Waals surface area contributed by atoms with Gasteiger partial charge in [-0.15, -0.1) is 10.2 Å². The summed E-state index contributed by atoms with van der Waals surface area (Å²) in [4.78, 5) is 26.3. The number of amides is 1. The SMILES string of the molecule is CCOC(=O)CN(C(=O)CSc1nnc(CCc2ccc(F)cc2)n1CC)c1ccc(F)cc1. The van der Waals surface area contributed by atoms with Crippen molar-refractivity contribution >= 4 is 29.3 Å². The van der Waals surface area contributed by atoms with Gasteiger partial charge in [-0.25, -0.2) is 8.78 Å². The molecule has 0 fully saturated rings. The van der Waals surface area contributed by atoms with Crippen molar-refractivity contribution in [3.8, 4) is 0 Å². The molecule has 0 spiro atoms. The van der Waals surface area contributed by atoms with Gasteiger partial charge in [0.15, 0.2) is 5.16 Å². The maximum Gasteiger partial charge on any atom is 0.326 e. The molecule has 34 heavy (non-hydrogen) atoms. The van der Waals surface area contributed by atoms with E-state index in [0.29, 0.717) is 30.2 Å². The summed E-state index contributed by atoms with van der Waals surface area (Å²) in [6.07, 6.45) is 1.30. The van der Waals surface area contributed by atoms with Gasteiger partial charge in [-0.05, 0) is 62.2 Å². The number of rotatable bonds is 11. The number of aryl methyl sites for hydroxylation is 2. The Labute approximate surface area is 201 Å². The molecule has 3 aromatic rings. The minimum Gasteiger partial charge on any atom is -0.465 e. The highest BCUT2D eigenvalue weighted by Gasteiger charge is 2.22. The fourth-order valence-electron chi connectivity index (χ4n) is 3.32. The molecule has 10 heteroatoms. The third kappa shape index (κ3) is 6.86. The number of thioether (sulfide) groups is 1. The van der Waals surface area contributed by atoms with Crippen molar-refractivity contribution < 1.29 is 23.1 Å². The summed E-state index contributed by atoms with van der Waals surface area (Å²) in [5, 5.41) is 9.07. The van der Waals surface area contributed by atoms with Crippen LogP contribution in [0.1, 0.15) is 25.2 Å². The fourth-order valence-corrected chi connectivity index (χ4v) is 4.22. The highest BCUT2D eigenvalue weighted by molar-refractivity contribution is 7.99. The van der Waals surface area contributed by atoms with E-state index in [1.807, 2.05) is 11.5 Å². The second kappa shape index (κ2) is 12.3. The van der Waals surface area contributed by atoms with E-state index in [9.17, 15) is 18.4 Å². The van der Waals surface area contributed by atoms with Gasteiger partial charge in [-0.2, -0.15) is 0 Å². The average Bonchev–Trinajstić information content (AvgIpc) is 3.23. The highest BCUT2D eigenvalue weighted by atomic mass is 32.2. The number of benzene rings is 2. The van der Waals surface area contributed by atoms with E-state index >= 15 is 0 Å². The number of hydrogen-bond acceptors (Lipinski definition) is 6. The third-order valence-electron chi connectivity index (χ3n) is 5.02. The number of ether oxygens (including phenoxy) is 1. The predicted molar refractivity (Wildman–Crippen MR) is 126 cm³/mol. The zero-order chi connectivity index (χ0) is 24.5. The van der Waals surface area contributed by atoms with Crippen molar-refractivity contribution in [3.63, 3.8) is 0 Å². The van der Waals surface area contributed by atoms with Crippen LogP contribution < -0.4 is 4.90 Å². The molecule has 0 saturated carbocycles. The van der Waals surface area contributed by atoms with Gasteiger partial charge in [-0.1, -0.05) is 23.9 Å². The standard InChI is InChI=1S/C24H26F2N4O3S/c1-3-29-21(14-7-17-5-8-18(25)9-6-17)27-28-24(29)34-16-22(31)30(15-23(32)33-4-2)20-12-10-19(26)11-13-20/h5-6,8-13H,3-4,7,14-16H2,1-2H3. The van der Waals surface area contributed by atoms with Crippen LogP contribution in [0, 0.1) is 11.6 Å².